The Morgan fingerprint density at radius 2 is 1.88 bits per heavy atom. The van der Waals surface area contributed by atoms with E-state index < -0.39 is 5.91 Å². The van der Waals surface area contributed by atoms with E-state index in [1.165, 1.54) is 25.3 Å². The molecule has 0 radical (unpaired) electrons. The third-order valence-corrected chi connectivity index (χ3v) is 3.35. The average molecular weight is 352 g/mol. The zero-order chi connectivity index (χ0) is 19.1. The van der Waals surface area contributed by atoms with Crippen molar-refractivity contribution in [2.45, 2.75) is 20.0 Å². The van der Waals surface area contributed by atoms with Crippen molar-refractivity contribution >= 4 is 17.7 Å². The van der Waals surface area contributed by atoms with Crippen molar-refractivity contribution in [3.05, 3.63) is 53.6 Å². The predicted octanol–water partition coefficient (Wildman–Crippen LogP) is 3.73. The summed E-state index contributed by atoms with van der Waals surface area (Å²) >= 11 is 0. The maximum atomic E-state index is 12.3. The number of rotatable bonds is 6. The summed E-state index contributed by atoms with van der Waals surface area (Å²) in [7, 11) is 1.53. The number of carbonyl (C=O) groups excluding carboxylic acids is 1. The second kappa shape index (κ2) is 8.58. The van der Waals surface area contributed by atoms with Crippen molar-refractivity contribution in [1.82, 2.24) is 0 Å². The summed E-state index contributed by atoms with van der Waals surface area (Å²) in [5, 5.41) is 21.2. The van der Waals surface area contributed by atoms with Crippen molar-refractivity contribution in [2.75, 3.05) is 12.4 Å². The van der Waals surface area contributed by atoms with Crippen LogP contribution >= 0.6 is 0 Å². The summed E-state index contributed by atoms with van der Waals surface area (Å²) < 4.78 is 11.0. The van der Waals surface area contributed by atoms with Gasteiger partial charge in [-0.2, -0.15) is 5.26 Å². The molecule has 0 heterocycles. The SMILES string of the molecule is COc1cc(/C=C(/C#N)C(=O)Nc2ccc(O)cc2)ccc1OC(C)C. The van der Waals surface area contributed by atoms with Gasteiger partial charge in [0, 0.05) is 5.69 Å². The molecule has 0 bridgehead atoms. The molecule has 0 saturated carbocycles. The molecule has 6 heteroatoms. The number of benzene rings is 2. The topological polar surface area (TPSA) is 91.6 Å². The molecule has 2 rings (SSSR count). The molecule has 0 aliphatic carbocycles. The van der Waals surface area contributed by atoms with Crippen molar-refractivity contribution in [2.24, 2.45) is 0 Å². The highest BCUT2D eigenvalue weighted by Gasteiger charge is 2.12. The number of aromatic hydroxyl groups is 1. The summed E-state index contributed by atoms with van der Waals surface area (Å²) in [6, 6.07) is 13.1. The Bertz CT molecular complexity index is 849. The molecule has 0 atom stereocenters. The summed E-state index contributed by atoms with van der Waals surface area (Å²) in [5.74, 6) is 0.657. The van der Waals surface area contributed by atoms with Crippen LogP contribution in [0.1, 0.15) is 19.4 Å². The molecule has 0 aromatic heterocycles. The number of phenolic OH excluding ortho intramolecular Hbond substituents is 1. The number of phenols is 1. The lowest BCUT2D eigenvalue weighted by atomic mass is 10.1. The van der Waals surface area contributed by atoms with E-state index in [9.17, 15) is 15.2 Å². The number of nitriles is 1. The van der Waals surface area contributed by atoms with Crippen molar-refractivity contribution in [3.8, 4) is 23.3 Å². The molecule has 0 saturated heterocycles. The van der Waals surface area contributed by atoms with Gasteiger partial charge < -0.3 is 19.9 Å². The molecule has 0 fully saturated rings. The predicted molar refractivity (Wildman–Crippen MR) is 99.1 cm³/mol. The minimum absolute atomic E-state index is 0.00366. The Morgan fingerprint density at radius 3 is 2.46 bits per heavy atom. The summed E-state index contributed by atoms with van der Waals surface area (Å²) in [5.41, 5.74) is 1.06. The van der Waals surface area contributed by atoms with Gasteiger partial charge in [0.05, 0.1) is 13.2 Å². The number of anilines is 1. The molecule has 6 nitrogen and oxygen atoms in total. The number of methoxy groups -OCH3 is 1. The number of carbonyl (C=O) groups is 1. The largest absolute Gasteiger partial charge is 0.508 e. The van der Waals surface area contributed by atoms with Gasteiger partial charge in [0.25, 0.3) is 5.91 Å². The van der Waals surface area contributed by atoms with E-state index >= 15 is 0 Å². The summed E-state index contributed by atoms with van der Waals surface area (Å²) in [6.07, 6.45) is 1.47. The molecule has 26 heavy (non-hydrogen) atoms. The standard InChI is InChI=1S/C20H20N2O4/c1-13(2)26-18-9-4-14(11-19(18)25-3)10-15(12-21)20(24)22-16-5-7-17(23)8-6-16/h4-11,13,23H,1-3H3,(H,22,24)/b15-10-. The van der Waals surface area contributed by atoms with Crippen LogP contribution in [0, 0.1) is 11.3 Å². The van der Waals surface area contributed by atoms with Crippen LogP contribution in [0.15, 0.2) is 48.0 Å². The Balaban J connectivity index is 2.23. The fourth-order valence-corrected chi connectivity index (χ4v) is 2.18. The lowest BCUT2D eigenvalue weighted by Crippen LogP contribution is -2.13. The first kappa shape index (κ1) is 18.9. The normalized spacial score (nSPS) is 11.0. The molecule has 2 aromatic rings. The van der Waals surface area contributed by atoms with Gasteiger partial charge >= 0.3 is 0 Å². The van der Waals surface area contributed by atoms with Crippen molar-refractivity contribution < 1.29 is 19.4 Å². The van der Waals surface area contributed by atoms with Gasteiger partial charge in [0.15, 0.2) is 11.5 Å². The molecular formula is C20H20N2O4. The molecule has 134 valence electrons. The Labute approximate surface area is 152 Å². The number of ether oxygens (including phenoxy) is 2. The molecule has 0 aliphatic rings. The highest BCUT2D eigenvalue weighted by Crippen LogP contribution is 2.29. The van der Waals surface area contributed by atoms with Gasteiger partial charge in [-0.3, -0.25) is 4.79 Å². The highest BCUT2D eigenvalue weighted by atomic mass is 16.5. The second-order valence-electron chi connectivity index (χ2n) is 5.75. The van der Waals surface area contributed by atoms with Crippen LogP contribution in [0.2, 0.25) is 0 Å². The van der Waals surface area contributed by atoms with E-state index in [1.807, 2.05) is 19.9 Å². The Morgan fingerprint density at radius 1 is 1.19 bits per heavy atom. The average Bonchev–Trinajstić information content (AvgIpc) is 2.62. The van der Waals surface area contributed by atoms with Gasteiger partial charge in [0.2, 0.25) is 0 Å². The third-order valence-electron chi connectivity index (χ3n) is 3.35. The number of amides is 1. The first-order chi connectivity index (χ1) is 12.4. The van der Waals surface area contributed by atoms with Crippen LogP contribution in [0.5, 0.6) is 17.2 Å². The second-order valence-corrected chi connectivity index (χ2v) is 5.75. The first-order valence-corrected chi connectivity index (χ1v) is 7.99. The minimum Gasteiger partial charge on any atom is -0.508 e. The summed E-state index contributed by atoms with van der Waals surface area (Å²) in [6.45, 7) is 3.82. The van der Waals surface area contributed by atoms with Gasteiger partial charge in [0.1, 0.15) is 17.4 Å². The van der Waals surface area contributed by atoms with Gasteiger partial charge in [-0.15, -0.1) is 0 Å². The minimum atomic E-state index is -0.542. The fraction of sp³-hybridized carbons (Fsp3) is 0.200. The molecule has 0 unspecified atom stereocenters. The zero-order valence-corrected chi connectivity index (χ0v) is 14.8. The smallest absolute Gasteiger partial charge is 0.266 e. The molecule has 0 spiro atoms. The lowest BCUT2D eigenvalue weighted by molar-refractivity contribution is -0.112. The van der Waals surface area contributed by atoms with E-state index in [0.717, 1.165) is 0 Å². The van der Waals surface area contributed by atoms with Crippen molar-refractivity contribution in [1.29, 1.82) is 5.26 Å². The number of hydrogen-bond donors (Lipinski definition) is 2. The van der Waals surface area contributed by atoms with Gasteiger partial charge in [-0.1, -0.05) is 6.07 Å². The van der Waals surface area contributed by atoms with Gasteiger partial charge in [-0.05, 0) is 61.9 Å². The van der Waals surface area contributed by atoms with Crippen LogP contribution in [0.25, 0.3) is 6.08 Å². The van der Waals surface area contributed by atoms with Crippen LogP contribution in [0.4, 0.5) is 5.69 Å². The Kier molecular flexibility index (Phi) is 6.23. The molecular weight excluding hydrogens is 332 g/mol. The number of nitrogens with one attached hydrogen (secondary N) is 1. The molecule has 1 amide bonds. The van der Waals surface area contributed by atoms with Crippen molar-refractivity contribution in [3.63, 3.8) is 0 Å². The van der Waals surface area contributed by atoms with Crippen LogP contribution in [-0.2, 0) is 4.79 Å². The van der Waals surface area contributed by atoms with E-state index in [-0.39, 0.29) is 17.4 Å². The van der Waals surface area contributed by atoms with Gasteiger partial charge in [-0.25, -0.2) is 0 Å². The quantitative estimate of drug-likeness (QED) is 0.469. The van der Waals surface area contributed by atoms with Crippen LogP contribution < -0.4 is 14.8 Å². The zero-order valence-electron chi connectivity index (χ0n) is 14.8. The lowest BCUT2D eigenvalue weighted by Gasteiger charge is -2.13. The Hall–Kier alpha value is -3.46. The van der Waals surface area contributed by atoms with E-state index in [1.54, 1.807) is 30.3 Å². The first-order valence-electron chi connectivity index (χ1n) is 7.99. The van der Waals surface area contributed by atoms with E-state index in [2.05, 4.69) is 5.32 Å². The highest BCUT2D eigenvalue weighted by molar-refractivity contribution is 6.09. The number of hydrogen-bond acceptors (Lipinski definition) is 5. The maximum Gasteiger partial charge on any atom is 0.266 e. The maximum absolute atomic E-state index is 12.3. The molecule has 2 aromatic carbocycles. The summed E-state index contributed by atoms with van der Waals surface area (Å²) in [4.78, 5) is 12.3. The molecule has 2 N–H and O–H groups in total. The monoisotopic (exact) mass is 352 g/mol. The molecule has 0 aliphatic heterocycles. The fourth-order valence-electron chi connectivity index (χ4n) is 2.18. The van der Waals surface area contributed by atoms with Crippen LogP contribution in [-0.4, -0.2) is 24.2 Å². The van der Waals surface area contributed by atoms with E-state index in [4.69, 9.17) is 9.47 Å². The third kappa shape index (κ3) is 5.02. The van der Waals surface area contributed by atoms with Crippen LogP contribution in [0.3, 0.4) is 0 Å². The number of nitrogens with zero attached hydrogens (tertiary/aromatic N) is 1. The van der Waals surface area contributed by atoms with E-state index in [0.29, 0.717) is 22.7 Å².